The quantitative estimate of drug-likeness (QED) is 0.710. The number of ether oxygens (including phenoxy) is 1. The van der Waals surface area contributed by atoms with Gasteiger partial charge in [0.25, 0.3) is 6.47 Å². The smallest absolute Gasteiger partial charge is 0.298 e. The number of benzene rings is 1. The molecule has 3 heteroatoms. The lowest BCUT2D eigenvalue weighted by molar-refractivity contribution is -0.120. The van der Waals surface area contributed by atoms with Crippen LogP contribution in [0.25, 0.3) is 0 Å². The standard InChI is InChI=1S/C12H17NO2/c1-9(2)13(4)11-7-5-6-10(3)12(11)15-8-14/h5-9H,1-4H3. The molecule has 0 fully saturated rings. The Morgan fingerprint density at radius 3 is 2.60 bits per heavy atom. The van der Waals surface area contributed by atoms with Gasteiger partial charge in [-0.15, -0.1) is 0 Å². The zero-order valence-corrected chi connectivity index (χ0v) is 9.65. The number of carbonyl (C=O) groups excluding carboxylic acids is 1. The van der Waals surface area contributed by atoms with Crippen molar-refractivity contribution in [2.75, 3.05) is 11.9 Å². The summed E-state index contributed by atoms with van der Waals surface area (Å²) >= 11 is 0. The van der Waals surface area contributed by atoms with E-state index in [1.807, 2.05) is 32.2 Å². The van der Waals surface area contributed by atoms with E-state index in [1.165, 1.54) is 0 Å². The van der Waals surface area contributed by atoms with Crippen LogP contribution in [-0.4, -0.2) is 19.6 Å². The van der Waals surface area contributed by atoms with E-state index in [9.17, 15) is 4.79 Å². The summed E-state index contributed by atoms with van der Waals surface area (Å²) in [6.45, 7) is 6.58. The molecule has 0 radical (unpaired) electrons. The molecule has 1 aromatic rings. The first kappa shape index (κ1) is 11.6. The number of hydrogen-bond donors (Lipinski definition) is 0. The molecule has 0 N–H and O–H groups in total. The second-order valence-corrected chi connectivity index (χ2v) is 3.84. The van der Waals surface area contributed by atoms with Gasteiger partial charge in [-0.3, -0.25) is 4.79 Å². The third kappa shape index (κ3) is 2.49. The van der Waals surface area contributed by atoms with Crippen molar-refractivity contribution < 1.29 is 9.53 Å². The van der Waals surface area contributed by atoms with Crippen LogP contribution in [0.4, 0.5) is 5.69 Å². The van der Waals surface area contributed by atoms with Crippen molar-refractivity contribution in [3.63, 3.8) is 0 Å². The Morgan fingerprint density at radius 2 is 2.07 bits per heavy atom. The van der Waals surface area contributed by atoms with Crippen molar-refractivity contribution in [3.8, 4) is 5.75 Å². The van der Waals surface area contributed by atoms with Crippen molar-refractivity contribution in [2.45, 2.75) is 26.8 Å². The second kappa shape index (κ2) is 4.82. The first-order chi connectivity index (χ1) is 7.07. The molecule has 0 aliphatic rings. The van der Waals surface area contributed by atoms with E-state index in [0.29, 0.717) is 18.3 Å². The Bertz CT molecular complexity index is 347. The van der Waals surface area contributed by atoms with Crippen molar-refractivity contribution in [3.05, 3.63) is 23.8 Å². The van der Waals surface area contributed by atoms with Crippen molar-refractivity contribution >= 4 is 12.2 Å². The van der Waals surface area contributed by atoms with E-state index in [4.69, 9.17) is 4.74 Å². The number of anilines is 1. The normalized spacial score (nSPS) is 10.2. The predicted molar refractivity (Wildman–Crippen MR) is 61.4 cm³/mol. The van der Waals surface area contributed by atoms with Crippen molar-refractivity contribution in [1.29, 1.82) is 0 Å². The first-order valence-corrected chi connectivity index (χ1v) is 5.00. The number of rotatable bonds is 4. The van der Waals surface area contributed by atoms with Gasteiger partial charge >= 0.3 is 0 Å². The molecule has 15 heavy (non-hydrogen) atoms. The maximum atomic E-state index is 10.4. The summed E-state index contributed by atoms with van der Waals surface area (Å²) in [5.41, 5.74) is 1.91. The van der Waals surface area contributed by atoms with E-state index >= 15 is 0 Å². The molecular formula is C12H17NO2. The van der Waals surface area contributed by atoms with Gasteiger partial charge in [0.1, 0.15) is 0 Å². The van der Waals surface area contributed by atoms with Crippen LogP contribution in [0.1, 0.15) is 19.4 Å². The first-order valence-electron chi connectivity index (χ1n) is 5.00. The number of hydrogen-bond acceptors (Lipinski definition) is 3. The molecule has 0 unspecified atom stereocenters. The minimum absolute atomic E-state index is 0.362. The zero-order valence-electron chi connectivity index (χ0n) is 9.65. The molecule has 0 heterocycles. The Morgan fingerprint density at radius 1 is 1.40 bits per heavy atom. The van der Waals surface area contributed by atoms with Gasteiger partial charge in [0.05, 0.1) is 5.69 Å². The molecule has 0 atom stereocenters. The maximum Gasteiger partial charge on any atom is 0.298 e. The van der Waals surface area contributed by atoms with Gasteiger partial charge in [0.15, 0.2) is 5.75 Å². The summed E-state index contributed by atoms with van der Waals surface area (Å²) in [6.07, 6.45) is 0. The molecule has 0 saturated heterocycles. The Labute approximate surface area is 90.7 Å². The van der Waals surface area contributed by atoms with Crippen LogP contribution in [0.15, 0.2) is 18.2 Å². The summed E-state index contributed by atoms with van der Waals surface area (Å²) < 4.78 is 5.02. The van der Waals surface area contributed by atoms with Crippen molar-refractivity contribution in [1.82, 2.24) is 0 Å². The fraction of sp³-hybridized carbons (Fsp3) is 0.417. The summed E-state index contributed by atoms with van der Waals surface area (Å²) in [7, 11) is 1.98. The van der Waals surface area contributed by atoms with Gasteiger partial charge in [0.2, 0.25) is 0 Å². The summed E-state index contributed by atoms with van der Waals surface area (Å²) in [5, 5.41) is 0. The van der Waals surface area contributed by atoms with Gasteiger partial charge < -0.3 is 9.64 Å². The number of para-hydroxylation sites is 1. The molecule has 0 aliphatic heterocycles. The molecule has 0 spiro atoms. The highest BCUT2D eigenvalue weighted by Crippen LogP contribution is 2.31. The summed E-state index contributed by atoms with van der Waals surface area (Å²) in [6, 6.07) is 6.20. The highest BCUT2D eigenvalue weighted by Gasteiger charge is 2.12. The molecule has 1 rings (SSSR count). The second-order valence-electron chi connectivity index (χ2n) is 3.84. The fourth-order valence-electron chi connectivity index (χ4n) is 1.39. The highest BCUT2D eigenvalue weighted by molar-refractivity contribution is 5.65. The van der Waals surface area contributed by atoms with E-state index in [2.05, 4.69) is 18.7 Å². The van der Waals surface area contributed by atoms with Crippen LogP contribution in [0, 0.1) is 6.92 Å². The van der Waals surface area contributed by atoms with Gasteiger partial charge in [-0.1, -0.05) is 12.1 Å². The number of nitrogens with zero attached hydrogens (tertiary/aromatic N) is 1. The van der Waals surface area contributed by atoms with E-state index in [-0.39, 0.29) is 0 Å². The van der Waals surface area contributed by atoms with Crippen LogP contribution in [0.3, 0.4) is 0 Å². The molecule has 0 aliphatic carbocycles. The summed E-state index contributed by atoms with van der Waals surface area (Å²) in [4.78, 5) is 12.5. The van der Waals surface area contributed by atoms with Crippen LogP contribution < -0.4 is 9.64 Å². The van der Waals surface area contributed by atoms with Crippen LogP contribution in [-0.2, 0) is 4.79 Å². The lowest BCUT2D eigenvalue weighted by Crippen LogP contribution is -2.26. The van der Waals surface area contributed by atoms with Gasteiger partial charge in [-0.05, 0) is 32.4 Å². The molecule has 3 nitrogen and oxygen atoms in total. The zero-order chi connectivity index (χ0) is 11.4. The molecule has 82 valence electrons. The summed E-state index contributed by atoms with van der Waals surface area (Å²) in [5.74, 6) is 0.642. The van der Waals surface area contributed by atoms with Gasteiger partial charge in [-0.25, -0.2) is 0 Å². The molecule has 0 saturated carbocycles. The molecule has 0 amide bonds. The molecule has 1 aromatic carbocycles. The van der Waals surface area contributed by atoms with Crippen LogP contribution in [0.5, 0.6) is 5.75 Å². The largest absolute Gasteiger partial charge is 0.426 e. The highest BCUT2D eigenvalue weighted by atomic mass is 16.5. The van der Waals surface area contributed by atoms with E-state index in [1.54, 1.807) is 0 Å². The SMILES string of the molecule is Cc1cccc(N(C)C(C)C)c1OC=O. The molecule has 0 aromatic heterocycles. The lowest BCUT2D eigenvalue weighted by Gasteiger charge is -2.25. The topological polar surface area (TPSA) is 29.5 Å². The molecule has 0 bridgehead atoms. The third-order valence-electron chi connectivity index (χ3n) is 2.51. The van der Waals surface area contributed by atoms with Crippen LogP contribution in [0.2, 0.25) is 0 Å². The average molecular weight is 207 g/mol. The minimum Gasteiger partial charge on any atom is -0.426 e. The van der Waals surface area contributed by atoms with Crippen LogP contribution >= 0.6 is 0 Å². The monoisotopic (exact) mass is 207 g/mol. The van der Waals surface area contributed by atoms with E-state index < -0.39 is 0 Å². The Hall–Kier alpha value is -1.51. The maximum absolute atomic E-state index is 10.4. The lowest BCUT2D eigenvalue weighted by atomic mass is 10.1. The number of aryl methyl sites for hydroxylation is 1. The predicted octanol–water partition coefficient (Wildman–Crippen LogP) is 2.37. The third-order valence-corrected chi connectivity index (χ3v) is 2.51. The van der Waals surface area contributed by atoms with Crippen molar-refractivity contribution in [2.24, 2.45) is 0 Å². The van der Waals surface area contributed by atoms with Gasteiger partial charge in [-0.2, -0.15) is 0 Å². The Kier molecular flexibility index (Phi) is 3.72. The average Bonchev–Trinajstić information content (AvgIpc) is 2.20. The molecular weight excluding hydrogens is 190 g/mol. The van der Waals surface area contributed by atoms with E-state index in [0.717, 1.165) is 11.3 Å². The number of carbonyl (C=O) groups is 1. The van der Waals surface area contributed by atoms with Gasteiger partial charge in [0, 0.05) is 13.1 Å². The fourth-order valence-corrected chi connectivity index (χ4v) is 1.39. The minimum atomic E-state index is 0.362. The Balaban J connectivity index is 3.15.